The molecule has 10 rings (SSSR count). The summed E-state index contributed by atoms with van der Waals surface area (Å²) in [4.78, 5) is 28.4. The molecule has 0 amide bonds. The number of morpholine rings is 2. The molecule has 2 fully saturated rings. The lowest BCUT2D eigenvalue weighted by molar-refractivity contribution is -0.145. The summed E-state index contributed by atoms with van der Waals surface area (Å²) >= 11 is 0. The van der Waals surface area contributed by atoms with E-state index >= 15 is 4.79 Å². The number of Topliss-reactive ketones (excluding diaryl/α,β-unsaturated/α-hetero) is 1. The van der Waals surface area contributed by atoms with Gasteiger partial charge in [-0.15, -0.1) is 0 Å². The van der Waals surface area contributed by atoms with Crippen LogP contribution in [0.1, 0.15) is 59.3 Å². The van der Waals surface area contributed by atoms with Crippen LogP contribution in [-0.2, 0) is 27.1 Å². The first kappa shape index (κ1) is 42.9. The lowest BCUT2D eigenvalue weighted by atomic mass is 9.84. The van der Waals surface area contributed by atoms with Gasteiger partial charge in [0.2, 0.25) is 0 Å². The molecule has 2 aliphatic rings. The molecular weight excluding hydrogens is 833 g/mol. The summed E-state index contributed by atoms with van der Waals surface area (Å²) in [6, 6.07) is 26.4. The Hall–Kier alpha value is -7.05. The third kappa shape index (κ3) is 8.49. The van der Waals surface area contributed by atoms with Crippen molar-refractivity contribution in [2.45, 2.75) is 76.8 Å². The van der Waals surface area contributed by atoms with E-state index in [1.54, 1.807) is 68.8 Å². The first-order chi connectivity index (χ1) is 32.3. The maximum absolute atomic E-state index is 17.1. The van der Waals surface area contributed by atoms with Crippen LogP contribution in [0, 0.1) is 13.8 Å². The summed E-state index contributed by atoms with van der Waals surface area (Å²) in [6.07, 6.45) is 14.6. The number of benzene rings is 4. The Bertz CT molecular complexity index is 2670. The normalized spacial score (nSPS) is 20.3. The molecule has 4 aromatic carbocycles. The number of aromatic nitrogens is 12. The summed E-state index contributed by atoms with van der Waals surface area (Å²) in [5, 5.41) is 36.2. The molecule has 2 aliphatic heterocycles. The fourth-order valence-corrected chi connectivity index (χ4v) is 10.0. The topological polar surface area (TPSA) is 165 Å². The van der Waals surface area contributed by atoms with E-state index in [2.05, 4.69) is 101 Å². The Morgan fingerprint density at radius 2 is 0.879 bits per heavy atom. The van der Waals surface area contributed by atoms with Gasteiger partial charge in [-0.05, 0) is 87.1 Å². The number of hydrogen-bond acceptors (Lipinski definition) is 13. The molecule has 4 aromatic heterocycles. The molecule has 17 nitrogen and oxygen atoms in total. The molecule has 0 spiro atoms. The van der Waals surface area contributed by atoms with Crippen molar-refractivity contribution in [3.63, 3.8) is 0 Å². The van der Waals surface area contributed by atoms with Gasteiger partial charge in [-0.2, -0.15) is 60.0 Å². The second-order valence-electron chi connectivity index (χ2n) is 17.2. The molecule has 2 unspecified atom stereocenters. The Morgan fingerprint density at radius 3 is 1.27 bits per heavy atom. The van der Waals surface area contributed by atoms with Crippen LogP contribution < -0.4 is 0 Å². The molecule has 0 bridgehead atoms. The van der Waals surface area contributed by atoms with Gasteiger partial charge in [0, 0.05) is 35.3 Å². The minimum Gasteiger partial charge on any atom is -0.378 e. The van der Waals surface area contributed by atoms with Gasteiger partial charge >= 0.3 is 0 Å². The first-order valence-electron chi connectivity index (χ1n) is 22.4. The lowest BCUT2D eigenvalue weighted by Gasteiger charge is -2.49. The van der Waals surface area contributed by atoms with Crippen molar-refractivity contribution >= 4 is 5.78 Å². The van der Waals surface area contributed by atoms with Crippen molar-refractivity contribution in [3.05, 3.63) is 168 Å². The minimum absolute atomic E-state index is 0.00510. The predicted molar refractivity (Wildman–Crippen MR) is 245 cm³/mol. The Balaban J connectivity index is 1.16. The quantitative estimate of drug-likeness (QED) is 0.132. The van der Waals surface area contributed by atoms with Crippen LogP contribution in [0.4, 0.5) is 0 Å². The van der Waals surface area contributed by atoms with Crippen molar-refractivity contribution < 1.29 is 14.3 Å². The largest absolute Gasteiger partial charge is 0.378 e. The monoisotopic (exact) mass is 884 g/mol. The number of para-hydroxylation sites is 2. The lowest BCUT2D eigenvalue weighted by Crippen LogP contribution is -2.59. The predicted octanol–water partition coefficient (Wildman–Crippen LogP) is 5.64. The number of ketones is 1. The number of hydrogen-bond donors (Lipinski definition) is 0. The highest BCUT2D eigenvalue weighted by atomic mass is 16.5. The molecule has 66 heavy (non-hydrogen) atoms. The van der Waals surface area contributed by atoms with Crippen molar-refractivity contribution in [2.24, 2.45) is 0 Å². The molecule has 2 saturated heterocycles. The highest BCUT2D eigenvalue weighted by Gasteiger charge is 2.48. The molecule has 17 heteroatoms. The molecule has 0 saturated carbocycles. The first-order valence-corrected chi connectivity index (χ1v) is 22.4. The summed E-state index contributed by atoms with van der Waals surface area (Å²) in [5.74, 6) is -0.00510. The Kier molecular flexibility index (Phi) is 12.2. The van der Waals surface area contributed by atoms with E-state index in [4.69, 9.17) is 9.47 Å². The Labute approximate surface area is 382 Å². The number of carbonyl (C=O) groups is 1. The third-order valence-electron chi connectivity index (χ3n) is 12.8. The molecule has 0 radical (unpaired) electrons. The highest BCUT2D eigenvalue weighted by molar-refractivity contribution is 5.93. The summed E-state index contributed by atoms with van der Waals surface area (Å²) < 4.78 is 12.8. The maximum Gasteiger partial charge on any atom is 0.176 e. The van der Waals surface area contributed by atoms with E-state index in [1.165, 1.54) is 0 Å². The zero-order chi connectivity index (χ0) is 45.1. The molecule has 0 N–H and O–H groups in total. The van der Waals surface area contributed by atoms with Crippen molar-refractivity contribution in [3.8, 4) is 22.7 Å². The smallest absolute Gasteiger partial charge is 0.176 e. The SMILES string of the molecule is Cc1cccc(C(C(=O)C(c2cccc(C)c2-n2nccn2)N2[C@H](Cc3cccc(-n4nccn4)c3)COC[C@H]2C)N2[C@H](Cc3cccc(-n4nccn4)c3)COC[C@H]2C)c1-n1nccn1. The van der Waals surface area contributed by atoms with Gasteiger partial charge in [-0.25, -0.2) is 0 Å². The van der Waals surface area contributed by atoms with Crippen LogP contribution in [0.25, 0.3) is 22.7 Å². The van der Waals surface area contributed by atoms with Gasteiger partial charge in [-0.3, -0.25) is 14.6 Å². The summed E-state index contributed by atoms with van der Waals surface area (Å²) in [5.41, 5.74) is 8.85. The van der Waals surface area contributed by atoms with Crippen molar-refractivity contribution in [2.75, 3.05) is 26.4 Å². The number of rotatable bonds is 14. The summed E-state index contributed by atoms with van der Waals surface area (Å²) in [7, 11) is 0. The zero-order valence-corrected chi connectivity index (χ0v) is 37.4. The van der Waals surface area contributed by atoms with Gasteiger partial charge in [0.05, 0.1) is 111 Å². The molecular formula is C49H52N14O3. The average molecular weight is 885 g/mol. The Morgan fingerprint density at radius 1 is 0.515 bits per heavy atom. The fourth-order valence-electron chi connectivity index (χ4n) is 10.0. The number of aryl methyl sites for hydroxylation is 2. The van der Waals surface area contributed by atoms with Crippen LogP contribution in [0.2, 0.25) is 0 Å². The van der Waals surface area contributed by atoms with E-state index in [9.17, 15) is 0 Å². The molecule has 0 aliphatic carbocycles. The average Bonchev–Trinajstić information content (AvgIpc) is 4.19. The standard InChI is InChI=1S/C49H52N14O3/c1-33-9-5-15-43(45(33)62-54-21-22-55-62)47(58-35(3)29-65-31-41(58)27-37-11-7-13-39(25-37)60-50-17-18-51-60)49(64)48(44-16-6-10-34(2)46(44)63-56-23-24-57-63)59-36(4)30-66-32-42(59)28-38-12-8-14-40(26-38)61-52-19-20-53-61/h5-26,35-36,41-42,47-48H,27-32H2,1-4H3/t35-,36-,41-,42-,47?,48?/m1/s1. The maximum atomic E-state index is 17.1. The van der Waals surface area contributed by atoms with Gasteiger partial charge in [0.1, 0.15) is 0 Å². The fraction of sp³-hybridized carbons (Fsp3) is 0.327. The number of ether oxygens (including phenoxy) is 2. The van der Waals surface area contributed by atoms with Gasteiger partial charge in [0.15, 0.2) is 5.78 Å². The van der Waals surface area contributed by atoms with E-state index in [1.807, 2.05) is 62.4 Å². The van der Waals surface area contributed by atoms with Gasteiger partial charge in [-0.1, -0.05) is 60.7 Å². The molecule has 8 aromatic rings. The van der Waals surface area contributed by atoms with Crippen LogP contribution in [-0.4, -0.2) is 126 Å². The van der Waals surface area contributed by atoms with E-state index in [0.717, 1.165) is 56.1 Å². The van der Waals surface area contributed by atoms with E-state index < -0.39 is 12.1 Å². The minimum atomic E-state index is -0.806. The van der Waals surface area contributed by atoms with Crippen molar-refractivity contribution in [1.29, 1.82) is 0 Å². The second kappa shape index (κ2) is 18.8. The van der Waals surface area contributed by atoms with Crippen LogP contribution >= 0.6 is 0 Å². The van der Waals surface area contributed by atoms with Crippen LogP contribution in [0.5, 0.6) is 0 Å². The zero-order valence-electron chi connectivity index (χ0n) is 37.4. The molecule has 336 valence electrons. The molecule has 6 heterocycles. The van der Waals surface area contributed by atoms with E-state index in [0.29, 0.717) is 39.3 Å². The van der Waals surface area contributed by atoms with E-state index in [-0.39, 0.29) is 30.0 Å². The number of nitrogens with zero attached hydrogens (tertiary/aromatic N) is 14. The highest BCUT2D eigenvalue weighted by Crippen LogP contribution is 2.43. The molecule has 6 atom stereocenters. The van der Waals surface area contributed by atoms with Crippen LogP contribution in [0.15, 0.2) is 135 Å². The second-order valence-corrected chi connectivity index (χ2v) is 17.2. The van der Waals surface area contributed by atoms with Gasteiger partial charge < -0.3 is 9.47 Å². The van der Waals surface area contributed by atoms with Gasteiger partial charge in [0.25, 0.3) is 0 Å². The third-order valence-corrected chi connectivity index (χ3v) is 12.8. The van der Waals surface area contributed by atoms with Crippen molar-refractivity contribution in [1.82, 2.24) is 69.8 Å². The number of carbonyl (C=O) groups excluding carboxylic acids is 1. The summed E-state index contributed by atoms with van der Waals surface area (Å²) in [6.45, 7) is 10.1. The van der Waals surface area contributed by atoms with Crippen LogP contribution in [0.3, 0.4) is 0 Å².